The number of nitrogens with two attached hydrogens (primary N) is 1. The largest absolute Gasteiger partial charge is 0.399 e. The first-order valence-electron chi connectivity index (χ1n) is 21.5. The molecule has 1 saturated carbocycles. The molecule has 1 aliphatic carbocycles. The number of carbonyl (C=O) groups is 1. The predicted molar refractivity (Wildman–Crippen MR) is 220 cm³/mol. The van der Waals surface area contributed by atoms with Crippen LogP contribution in [0.15, 0.2) is 36.4 Å². The fraction of sp³-hybridized carbons (Fsp3) is 0.622. The number of nitrogens with one attached hydrogen (secondary N) is 1. The number of benzene rings is 2. The molecule has 0 atom stereocenters. The third-order valence-electron chi connectivity index (χ3n) is 13.1. The molecule has 54 heavy (non-hydrogen) atoms. The third kappa shape index (κ3) is 7.84. The van der Waals surface area contributed by atoms with Crippen molar-refractivity contribution in [2.24, 2.45) is 5.92 Å². The van der Waals surface area contributed by atoms with E-state index >= 15 is 0 Å². The van der Waals surface area contributed by atoms with Gasteiger partial charge in [0.1, 0.15) is 0 Å². The fourth-order valence-corrected chi connectivity index (χ4v) is 10.3. The van der Waals surface area contributed by atoms with Gasteiger partial charge in [0.25, 0.3) is 0 Å². The van der Waals surface area contributed by atoms with Crippen molar-refractivity contribution in [3.63, 3.8) is 0 Å². The molecule has 4 aliphatic heterocycles. The van der Waals surface area contributed by atoms with Crippen molar-refractivity contribution in [3.8, 4) is 0 Å². The number of ether oxygens (including phenoxy) is 2. The summed E-state index contributed by atoms with van der Waals surface area (Å²) in [6.07, 6.45) is 14.9. The Morgan fingerprint density at radius 3 is 1.76 bits per heavy atom. The van der Waals surface area contributed by atoms with Crippen molar-refractivity contribution in [3.05, 3.63) is 58.9 Å². The van der Waals surface area contributed by atoms with Crippen molar-refractivity contribution in [1.29, 1.82) is 0 Å². The predicted octanol–water partition coefficient (Wildman–Crippen LogP) is 8.28. The zero-order chi connectivity index (χ0) is 37.0. The summed E-state index contributed by atoms with van der Waals surface area (Å²) in [4.78, 5) is 18.2. The van der Waals surface area contributed by atoms with Crippen molar-refractivity contribution in [2.45, 2.75) is 136 Å². The zero-order valence-electron chi connectivity index (χ0n) is 33.1. The van der Waals surface area contributed by atoms with Crippen molar-refractivity contribution in [2.75, 3.05) is 50.6 Å². The minimum absolute atomic E-state index is 0.187. The van der Waals surface area contributed by atoms with Crippen LogP contribution in [0.4, 0.5) is 11.4 Å². The number of amides is 1. The number of nitrogen functional groups attached to an aromatic ring is 1. The molecule has 0 spiro atoms. The Balaban J connectivity index is 0.000000160. The fourth-order valence-electron chi connectivity index (χ4n) is 10.3. The molecule has 2 saturated heterocycles. The first kappa shape index (κ1) is 37.5. The molecule has 2 aromatic heterocycles. The summed E-state index contributed by atoms with van der Waals surface area (Å²) in [5.74, 6) is 0.400. The van der Waals surface area contributed by atoms with E-state index in [1.54, 1.807) is 0 Å². The van der Waals surface area contributed by atoms with Crippen LogP contribution >= 0.6 is 0 Å². The molecule has 9 heteroatoms. The van der Waals surface area contributed by atoms with E-state index in [0.717, 1.165) is 115 Å². The van der Waals surface area contributed by atoms with Gasteiger partial charge in [0.05, 0.1) is 0 Å². The molecule has 2 aromatic carbocycles. The standard InChI is InChI=1S/C26H37N3O2.C19H27N3O/c1-2-13-29-24-9-8-20(27-26(30)19-6-4-3-5-7-19)17-22(24)23-18-28(14-10-25(23)29)21-11-15-31-16-12-21;1-2-8-22-18-4-3-14(20)12-16(18)17-13-21(9-5-19(17)22)15-6-10-23-11-7-15/h8-9,17,19,21H,2-7,10-16,18H2,1H3,(H,27,30);3-4,12,15H,2,5-11,13,20H2,1H3. The first-order chi connectivity index (χ1) is 26.5. The second-order valence-electron chi connectivity index (χ2n) is 16.6. The maximum Gasteiger partial charge on any atom is 0.227 e. The van der Waals surface area contributed by atoms with E-state index in [4.69, 9.17) is 15.2 Å². The maximum atomic E-state index is 12.8. The van der Waals surface area contributed by atoms with Gasteiger partial charge in [-0.2, -0.15) is 0 Å². The molecule has 0 radical (unpaired) electrons. The molecule has 3 N–H and O–H groups in total. The maximum absolute atomic E-state index is 12.8. The van der Waals surface area contributed by atoms with Gasteiger partial charge in [0.15, 0.2) is 0 Å². The second kappa shape index (κ2) is 17.2. The normalized spacial score (nSPS) is 20.8. The van der Waals surface area contributed by atoms with Crippen LogP contribution in [0, 0.1) is 5.92 Å². The smallest absolute Gasteiger partial charge is 0.227 e. The van der Waals surface area contributed by atoms with E-state index in [1.807, 2.05) is 6.07 Å². The number of aromatic nitrogens is 2. The van der Waals surface area contributed by atoms with Gasteiger partial charge < -0.3 is 29.7 Å². The molecule has 5 aliphatic rings. The average molecular weight is 737 g/mol. The highest BCUT2D eigenvalue weighted by Crippen LogP contribution is 2.36. The number of hydrogen-bond donors (Lipinski definition) is 2. The van der Waals surface area contributed by atoms with Crippen LogP contribution in [0.25, 0.3) is 21.8 Å². The summed E-state index contributed by atoms with van der Waals surface area (Å²) in [6.45, 7) is 14.7. The Hall–Kier alpha value is -3.37. The highest BCUT2D eigenvalue weighted by molar-refractivity contribution is 5.96. The van der Waals surface area contributed by atoms with Gasteiger partial charge in [-0.1, -0.05) is 33.1 Å². The van der Waals surface area contributed by atoms with Gasteiger partial charge in [-0.05, 0) is 98.9 Å². The first-order valence-corrected chi connectivity index (χ1v) is 21.5. The molecule has 0 unspecified atom stereocenters. The minimum Gasteiger partial charge on any atom is -0.399 e. The summed E-state index contributed by atoms with van der Waals surface area (Å²) >= 11 is 0. The highest BCUT2D eigenvalue weighted by Gasteiger charge is 2.31. The summed E-state index contributed by atoms with van der Waals surface area (Å²) in [5.41, 5.74) is 16.6. The molecule has 0 bridgehead atoms. The second-order valence-corrected chi connectivity index (χ2v) is 16.6. The molecule has 1 amide bonds. The summed E-state index contributed by atoms with van der Waals surface area (Å²) in [6, 6.07) is 14.3. The molecule has 4 aromatic rings. The summed E-state index contributed by atoms with van der Waals surface area (Å²) < 4.78 is 16.2. The van der Waals surface area contributed by atoms with Crippen molar-refractivity contribution >= 4 is 39.1 Å². The van der Waals surface area contributed by atoms with E-state index in [1.165, 1.54) is 89.4 Å². The average Bonchev–Trinajstić information content (AvgIpc) is 3.69. The van der Waals surface area contributed by atoms with Gasteiger partial charge in [0.2, 0.25) is 5.91 Å². The molecule has 9 nitrogen and oxygen atoms in total. The number of carbonyl (C=O) groups excluding carboxylic acids is 1. The molecule has 3 fully saturated rings. The zero-order valence-corrected chi connectivity index (χ0v) is 33.1. The molecule has 9 rings (SSSR count). The summed E-state index contributed by atoms with van der Waals surface area (Å²) in [7, 11) is 0. The summed E-state index contributed by atoms with van der Waals surface area (Å²) in [5, 5.41) is 5.95. The topological polar surface area (TPSA) is 89.9 Å². The van der Waals surface area contributed by atoms with Crippen molar-refractivity contribution in [1.82, 2.24) is 18.9 Å². The quantitative estimate of drug-likeness (QED) is 0.177. The monoisotopic (exact) mass is 737 g/mol. The van der Waals surface area contributed by atoms with Crippen LogP contribution in [-0.2, 0) is 53.3 Å². The van der Waals surface area contributed by atoms with Crippen LogP contribution < -0.4 is 11.1 Å². The Morgan fingerprint density at radius 1 is 0.704 bits per heavy atom. The Kier molecular flexibility index (Phi) is 12.0. The number of fused-ring (bicyclic) bond motifs is 6. The molecular formula is C45H64N6O3. The Labute approximate surface area is 322 Å². The van der Waals surface area contributed by atoms with Crippen LogP contribution in [0.5, 0.6) is 0 Å². The number of aryl methyl sites for hydroxylation is 2. The van der Waals surface area contributed by atoms with Crippen molar-refractivity contribution < 1.29 is 14.3 Å². The third-order valence-corrected chi connectivity index (χ3v) is 13.1. The molecular weight excluding hydrogens is 673 g/mol. The van der Waals surface area contributed by atoms with Gasteiger partial charge in [0, 0.05) is 141 Å². The van der Waals surface area contributed by atoms with Gasteiger partial charge in [-0.3, -0.25) is 14.6 Å². The number of hydrogen-bond acceptors (Lipinski definition) is 6. The van der Waals surface area contributed by atoms with Gasteiger partial charge >= 0.3 is 0 Å². The van der Waals surface area contributed by atoms with E-state index in [2.05, 4.69) is 68.4 Å². The van der Waals surface area contributed by atoms with Gasteiger partial charge in [-0.25, -0.2) is 0 Å². The number of anilines is 2. The van der Waals surface area contributed by atoms with E-state index < -0.39 is 0 Å². The molecule has 6 heterocycles. The Morgan fingerprint density at radius 2 is 1.22 bits per heavy atom. The Bertz CT molecular complexity index is 1890. The minimum atomic E-state index is 0.187. The van der Waals surface area contributed by atoms with Crippen LogP contribution in [0.2, 0.25) is 0 Å². The number of rotatable bonds is 8. The SMILES string of the molecule is CCCn1c2c(c3cc(N)ccc31)CN(C1CCOCC1)CC2.CCCn1c2c(c3cc(NC(=O)C4CCCCC4)ccc31)CN(C1CCOCC1)CC2. The van der Waals surface area contributed by atoms with E-state index in [0.29, 0.717) is 12.1 Å². The highest BCUT2D eigenvalue weighted by atomic mass is 16.5. The number of nitrogens with zero attached hydrogens (tertiary/aromatic N) is 4. The lowest BCUT2D eigenvalue weighted by molar-refractivity contribution is -0.120. The van der Waals surface area contributed by atoms with Crippen LogP contribution in [-0.4, -0.2) is 76.4 Å². The lowest BCUT2D eigenvalue weighted by atomic mass is 9.88. The van der Waals surface area contributed by atoms with E-state index in [-0.39, 0.29) is 11.8 Å². The van der Waals surface area contributed by atoms with E-state index in [9.17, 15) is 4.79 Å². The lowest BCUT2D eigenvalue weighted by Gasteiger charge is -2.37. The van der Waals surface area contributed by atoms with Crippen LogP contribution in [0.3, 0.4) is 0 Å². The van der Waals surface area contributed by atoms with Gasteiger partial charge in [-0.15, -0.1) is 0 Å². The van der Waals surface area contributed by atoms with Crippen LogP contribution in [0.1, 0.15) is 107 Å². The lowest BCUT2D eigenvalue weighted by Crippen LogP contribution is -2.42. The molecule has 292 valence electrons.